The highest BCUT2D eigenvalue weighted by Crippen LogP contribution is 2.36. The lowest BCUT2D eigenvalue weighted by Gasteiger charge is -2.19. The van der Waals surface area contributed by atoms with E-state index >= 15 is 4.39 Å². The summed E-state index contributed by atoms with van der Waals surface area (Å²) in [4.78, 5) is 23.6. The van der Waals surface area contributed by atoms with Crippen molar-refractivity contribution >= 4 is 5.84 Å². The zero-order valence-electron chi connectivity index (χ0n) is 19.2. The smallest absolute Gasteiger partial charge is 0.350 e. The number of H-pyrrole nitrogens is 1. The molecule has 4 aromatic rings. The van der Waals surface area contributed by atoms with Crippen molar-refractivity contribution in [2.45, 2.75) is 19.3 Å². The second kappa shape index (κ2) is 10.2. The van der Waals surface area contributed by atoms with Crippen molar-refractivity contribution in [1.29, 1.82) is 5.41 Å². The van der Waals surface area contributed by atoms with Crippen LogP contribution in [0.25, 0.3) is 5.95 Å². The van der Waals surface area contributed by atoms with Crippen LogP contribution in [0.4, 0.5) is 4.39 Å². The van der Waals surface area contributed by atoms with Gasteiger partial charge in [-0.1, -0.05) is 24.3 Å². The molecule has 4 N–H and O–H groups in total. The van der Waals surface area contributed by atoms with Gasteiger partial charge in [-0.05, 0) is 31.0 Å². The minimum atomic E-state index is -0.717. The lowest BCUT2D eigenvalue weighted by Crippen LogP contribution is -2.18. The van der Waals surface area contributed by atoms with Crippen LogP contribution in [0.2, 0.25) is 0 Å². The molecule has 2 heterocycles. The van der Waals surface area contributed by atoms with E-state index in [1.165, 1.54) is 25.6 Å². The Hall–Kier alpha value is -4.54. The first-order valence-electron chi connectivity index (χ1n) is 10.8. The number of aromatic nitrogens is 5. The lowest BCUT2D eigenvalue weighted by atomic mass is 9.90. The first kappa shape index (κ1) is 23.6. The van der Waals surface area contributed by atoms with Crippen molar-refractivity contribution in [3.05, 3.63) is 93.7 Å². The molecule has 0 fully saturated rings. The topological polar surface area (TPSA) is 145 Å². The third-order valence-corrected chi connectivity index (χ3v) is 5.36. The average Bonchev–Trinajstić information content (AvgIpc) is 3.26. The van der Waals surface area contributed by atoms with Crippen LogP contribution in [-0.2, 0) is 6.42 Å². The Balaban J connectivity index is 1.84. The van der Waals surface area contributed by atoms with Gasteiger partial charge in [-0.2, -0.15) is 0 Å². The van der Waals surface area contributed by atoms with E-state index in [2.05, 4.69) is 20.1 Å². The standard InChI is InChI=1S/C24H24FN7O3/c1-3-35-16-12-17(20(25)19(13-16)34-2)18(11-14-5-7-15(8-6-14)21(26)27)22-30-24(33)32(31-22)23-28-9-4-10-29-23/h4-10,12-13,18H,3,11H2,1-2H3,(H3,26,27)(H,30,31,33). The SMILES string of the molecule is CCOc1cc(OC)c(F)c(C(Cc2ccc(C(=N)N)cc2)c2nn(-c3ncccn3)c(=O)[nH]2)c1. The fourth-order valence-corrected chi connectivity index (χ4v) is 3.69. The Morgan fingerprint density at radius 1 is 1.23 bits per heavy atom. The number of hydrogen-bond acceptors (Lipinski definition) is 7. The van der Waals surface area contributed by atoms with Crippen molar-refractivity contribution in [2.24, 2.45) is 5.73 Å². The molecule has 0 radical (unpaired) electrons. The van der Waals surface area contributed by atoms with E-state index in [-0.39, 0.29) is 35.3 Å². The normalized spacial score (nSPS) is 11.7. The number of aromatic amines is 1. The second-order valence-electron chi connectivity index (χ2n) is 7.61. The van der Waals surface area contributed by atoms with Gasteiger partial charge in [0, 0.05) is 29.6 Å². The van der Waals surface area contributed by atoms with Gasteiger partial charge in [0.05, 0.1) is 19.6 Å². The van der Waals surface area contributed by atoms with Gasteiger partial charge in [0.1, 0.15) is 17.4 Å². The maximum Gasteiger partial charge on any atom is 0.350 e. The van der Waals surface area contributed by atoms with Gasteiger partial charge in [-0.25, -0.2) is 19.2 Å². The number of halogens is 1. The number of nitrogens with two attached hydrogens (primary N) is 1. The summed E-state index contributed by atoms with van der Waals surface area (Å²) in [6.07, 6.45) is 3.26. The van der Waals surface area contributed by atoms with E-state index < -0.39 is 17.4 Å². The molecule has 0 amide bonds. The van der Waals surface area contributed by atoms with Crippen LogP contribution in [0.1, 0.15) is 35.4 Å². The van der Waals surface area contributed by atoms with Crippen molar-refractivity contribution in [3.8, 4) is 17.4 Å². The number of rotatable bonds is 9. The summed E-state index contributed by atoms with van der Waals surface area (Å²) >= 11 is 0. The van der Waals surface area contributed by atoms with Gasteiger partial charge in [0.15, 0.2) is 11.6 Å². The number of amidine groups is 1. The molecule has 0 saturated carbocycles. The molecular formula is C24H24FN7O3. The molecule has 35 heavy (non-hydrogen) atoms. The number of nitrogens with one attached hydrogen (secondary N) is 2. The summed E-state index contributed by atoms with van der Waals surface area (Å²) in [6.45, 7) is 2.20. The zero-order valence-corrected chi connectivity index (χ0v) is 19.2. The fraction of sp³-hybridized carbons (Fsp3) is 0.208. The van der Waals surface area contributed by atoms with Gasteiger partial charge in [-0.15, -0.1) is 9.78 Å². The van der Waals surface area contributed by atoms with Crippen LogP contribution in [0.5, 0.6) is 11.5 Å². The highest BCUT2D eigenvalue weighted by molar-refractivity contribution is 5.94. The number of hydrogen-bond donors (Lipinski definition) is 3. The summed E-state index contributed by atoms with van der Waals surface area (Å²) in [5.74, 6) is -0.627. The van der Waals surface area contributed by atoms with Crippen LogP contribution in [-0.4, -0.2) is 44.3 Å². The summed E-state index contributed by atoms with van der Waals surface area (Å²) < 4.78 is 27.4. The number of nitrogen functional groups attached to an aromatic ring is 1. The van der Waals surface area contributed by atoms with E-state index in [0.29, 0.717) is 17.9 Å². The van der Waals surface area contributed by atoms with E-state index in [0.717, 1.165) is 10.2 Å². The Morgan fingerprint density at radius 2 is 1.94 bits per heavy atom. The minimum Gasteiger partial charge on any atom is -0.494 e. The molecule has 1 atom stereocenters. The van der Waals surface area contributed by atoms with Crippen LogP contribution >= 0.6 is 0 Å². The summed E-state index contributed by atoms with van der Waals surface area (Å²) in [6, 6.07) is 11.7. The number of methoxy groups -OCH3 is 1. The summed E-state index contributed by atoms with van der Waals surface area (Å²) in [5.41, 5.74) is 6.61. The Labute approximate surface area is 200 Å². The van der Waals surface area contributed by atoms with E-state index in [4.69, 9.17) is 20.6 Å². The molecule has 10 nitrogen and oxygen atoms in total. The first-order chi connectivity index (χ1) is 16.9. The summed E-state index contributed by atoms with van der Waals surface area (Å²) in [7, 11) is 1.37. The number of nitrogens with zero attached hydrogens (tertiary/aromatic N) is 4. The monoisotopic (exact) mass is 477 g/mol. The minimum absolute atomic E-state index is 0.0102. The summed E-state index contributed by atoms with van der Waals surface area (Å²) in [5, 5.41) is 12.0. The molecule has 4 rings (SSSR count). The molecular weight excluding hydrogens is 453 g/mol. The van der Waals surface area contributed by atoms with Crippen molar-refractivity contribution in [2.75, 3.05) is 13.7 Å². The molecule has 11 heteroatoms. The molecule has 1 unspecified atom stereocenters. The van der Waals surface area contributed by atoms with E-state index in [1.807, 2.05) is 6.92 Å². The largest absolute Gasteiger partial charge is 0.494 e. The molecule has 0 aliphatic rings. The zero-order chi connectivity index (χ0) is 24.9. The van der Waals surface area contributed by atoms with Crippen molar-refractivity contribution in [1.82, 2.24) is 24.7 Å². The highest BCUT2D eigenvalue weighted by atomic mass is 19.1. The molecule has 0 aliphatic heterocycles. The van der Waals surface area contributed by atoms with E-state index in [9.17, 15) is 4.79 Å². The highest BCUT2D eigenvalue weighted by Gasteiger charge is 2.27. The maximum atomic E-state index is 15.6. The third-order valence-electron chi connectivity index (χ3n) is 5.36. The molecule has 2 aromatic carbocycles. The molecule has 0 bridgehead atoms. The third kappa shape index (κ3) is 5.03. The predicted molar refractivity (Wildman–Crippen MR) is 127 cm³/mol. The van der Waals surface area contributed by atoms with Gasteiger partial charge in [-0.3, -0.25) is 10.4 Å². The fourth-order valence-electron chi connectivity index (χ4n) is 3.69. The molecule has 0 aliphatic carbocycles. The maximum absolute atomic E-state index is 15.6. The second-order valence-corrected chi connectivity index (χ2v) is 7.61. The van der Waals surface area contributed by atoms with E-state index in [1.54, 1.807) is 36.4 Å². The molecule has 180 valence electrons. The molecule has 0 spiro atoms. The Morgan fingerprint density at radius 3 is 2.57 bits per heavy atom. The Bertz CT molecular complexity index is 1380. The van der Waals surface area contributed by atoms with Crippen LogP contribution < -0.4 is 20.9 Å². The number of benzene rings is 2. The quantitative estimate of drug-likeness (QED) is 0.248. The predicted octanol–water partition coefficient (Wildman–Crippen LogP) is 2.56. The van der Waals surface area contributed by atoms with Gasteiger partial charge in [0.2, 0.25) is 0 Å². The van der Waals surface area contributed by atoms with Crippen molar-refractivity contribution in [3.63, 3.8) is 0 Å². The molecule has 2 aromatic heterocycles. The first-order valence-corrected chi connectivity index (χ1v) is 10.8. The average molecular weight is 478 g/mol. The Kier molecular flexibility index (Phi) is 6.86. The van der Waals surface area contributed by atoms with Gasteiger partial charge < -0.3 is 15.2 Å². The molecule has 0 saturated heterocycles. The lowest BCUT2D eigenvalue weighted by molar-refractivity contribution is 0.330. The number of ether oxygens (including phenoxy) is 2. The van der Waals surface area contributed by atoms with Gasteiger partial charge >= 0.3 is 5.69 Å². The van der Waals surface area contributed by atoms with Crippen LogP contribution in [0.3, 0.4) is 0 Å². The van der Waals surface area contributed by atoms with Crippen LogP contribution in [0, 0.1) is 11.2 Å². The van der Waals surface area contributed by atoms with Crippen LogP contribution in [0.15, 0.2) is 59.7 Å². The van der Waals surface area contributed by atoms with Gasteiger partial charge in [0.25, 0.3) is 5.95 Å². The van der Waals surface area contributed by atoms with Crippen molar-refractivity contribution < 1.29 is 13.9 Å².